The van der Waals surface area contributed by atoms with Crippen LogP contribution in [-0.4, -0.2) is 35.8 Å². The molecule has 3 rings (SSSR count). The molecule has 1 unspecified atom stereocenters. The third-order valence-electron chi connectivity index (χ3n) is 4.17. The largest absolute Gasteiger partial charge is 0.376 e. The van der Waals surface area contributed by atoms with Crippen LogP contribution < -0.4 is 0 Å². The molecule has 1 saturated heterocycles. The maximum atomic E-state index is 12.8. The second-order valence-electron chi connectivity index (χ2n) is 6.04. The Morgan fingerprint density at radius 3 is 2.92 bits per heavy atom. The molecule has 0 radical (unpaired) electrons. The van der Waals surface area contributed by atoms with E-state index in [2.05, 4.69) is 30.5 Å². The van der Waals surface area contributed by atoms with Gasteiger partial charge in [0.25, 0.3) is 0 Å². The quantitative estimate of drug-likeness (QED) is 0.687. The molecule has 1 atom stereocenters. The minimum atomic E-state index is 0.187. The fraction of sp³-hybridized carbons (Fsp3) is 0.421. The standard InChI is InChI=1S/C19H23NO2S2/c1-15-6-2-3-9-18(15)24-14-19(21)20(12-16-7-4-10-22-16)13-17-8-5-11-23-17/h2-3,5-6,8-9,11,16H,4,7,10,12-14H2,1H3. The number of carbonyl (C=O) groups is 1. The van der Waals surface area contributed by atoms with Crippen molar-refractivity contribution in [1.29, 1.82) is 0 Å². The van der Waals surface area contributed by atoms with Crippen molar-refractivity contribution in [1.82, 2.24) is 4.90 Å². The molecular formula is C19H23NO2S2. The third-order valence-corrected chi connectivity index (χ3v) is 6.19. The van der Waals surface area contributed by atoms with Gasteiger partial charge in [0.15, 0.2) is 0 Å². The van der Waals surface area contributed by atoms with Crippen LogP contribution >= 0.6 is 23.1 Å². The van der Waals surface area contributed by atoms with Gasteiger partial charge in [-0.25, -0.2) is 0 Å². The van der Waals surface area contributed by atoms with Crippen molar-refractivity contribution in [3.8, 4) is 0 Å². The minimum absolute atomic E-state index is 0.187. The van der Waals surface area contributed by atoms with E-state index in [9.17, 15) is 4.79 Å². The van der Waals surface area contributed by atoms with Crippen LogP contribution in [0, 0.1) is 6.92 Å². The SMILES string of the molecule is Cc1ccccc1SCC(=O)N(Cc1cccs1)CC1CCCO1. The van der Waals surface area contributed by atoms with E-state index < -0.39 is 0 Å². The first-order chi connectivity index (χ1) is 11.7. The van der Waals surface area contributed by atoms with E-state index in [0.717, 1.165) is 19.4 Å². The summed E-state index contributed by atoms with van der Waals surface area (Å²) in [5.74, 6) is 0.662. The lowest BCUT2D eigenvalue weighted by Crippen LogP contribution is -2.37. The van der Waals surface area contributed by atoms with Crippen molar-refractivity contribution in [2.24, 2.45) is 0 Å². The maximum Gasteiger partial charge on any atom is 0.233 e. The second kappa shape index (κ2) is 8.70. The number of nitrogens with zero attached hydrogens (tertiary/aromatic N) is 1. The fourth-order valence-electron chi connectivity index (χ4n) is 2.83. The summed E-state index contributed by atoms with van der Waals surface area (Å²) in [7, 11) is 0. The number of carbonyl (C=O) groups excluding carboxylic acids is 1. The van der Waals surface area contributed by atoms with Crippen LogP contribution in [0.15, 0.2) is 46.7 Å². The average Bonchev–Trinajstić information content (AvgIpc) is 3.27. The molecule has 1 aliphatic rings. The molecule has 3 nitrogen and oxygen atoms in total. The van der Waals surface area contributed by atoms with Gasteiger partial charge < -0.3 is 9.64 Å². The minimum Gasteiger partial charge on any atom is -0.376 e. The van der Waals surface area contributed by atoms with Gasteiger partial charge in [-0.15, -0.1) is 23.1 Å². The molecular weight excluding hydrogens is 338 g/mol. The van der Waals surface area contributed by atoms with Crippen LogP contribution in [0.25, 0.3) is 0 Å². The number of thioether (sulfide) groups is 1. The van der Waals surface area contributed by atoms with E-state index in [0.29, 0.717) is 18.8 Å². The van der Waals surface area contributed by atoms with Crippen molar-refractivity contribution < 1.29 is 9.53 Å². The van der Waals surface area contributed by atoms with Crippen LogP contribution in [0.4, 0.5) is 0 Å². The number of rotatable bonds is 7. The summed E-state index contributed by atoms with van der Waals surface area (Å²) in [6.45, 7) is 4.29. The molecule has 0 spiro atoms. The number of aryl methyl sites for hydroxylation is 1. The lowest BCUT2D eigenvalue weighted by molar-refractivity contribution is -0.130. The highest BCUT2D eigenvalue weighted by molar-refractivity contribution is 8.00. The molecule has 2 aromatic rings. The molecule has 1 amide bonds. The smallest absolute Gasteiger partial charge is 0.233 e. The Morgan fingerprint density at radius 2 is 2.21 bits per heavy atom. The van der Waals surface area contributed by atoms with Crippen molar-refractivity contribution in [2.45, 2.75) is 37.3 Å². The van der Waals surface area contributed by atoms with Crippen LogP contribution in [0.1, 0.15) is 23.3 Å². The molecule has 128 valence electrons. The summed E-state index contributed by atoms with van der Waals surface area (Å²) < 4.78 is 5.74. The van der Waals surface area contributed by atoms with E-state index >= 15 is 0 Å². The predicted molar refractivity (Wildman–Crippen MR) is 101 cm³/mol. The zero-order chi connectivity index (χ0) is 16.8. The Morgan fingerprint density at radius 1 is 1.33 bits per heavy atom. The Balaban J connectivity index is 1.62. The summed E-state index contributed by atoms with van der Waals surface area (Å²) in [6.07, 6.45) is 2.35. The molecule has 1 aromatic carbocycles. The van der Waals surface area contributed by atoms with Crippen LogP contribution in [0.3, 0.4) is 0 Å². The molecule has 1 aliphatic heterocycles. The molecule has 0 N–H and O–H groups in total. The van der Waals surface area contributed by atoms with Crippen molar-refractivity contribution in [3.63, 3.8) is 0 Å². The van der Waals surface area contributed by atoms with Crippen LogP contribution in [-0.2, 0) is 16.1 Å². The number of hydrogen-bond donors (Lipinski definition) is 0. The zero-order valence-corrected chi connectivity index (χ0v) is 15.6. The van der Waals surface area contributed by atoms with E-state index in [4.69, 9.17) is 4.74 Å². The number of benzene rings is 1. The summed E-state index contributed by atoms with van der Waals surface area (Å²) in [5, 5.41) is 2.06. The highest BCUT2D eigenvalue weighted by Crippen LogP contribution is 2.23. The van der Waals surface area contributed by atoms with Crippen molar-refractivity contribution >= 4 is 29.0 Å². The van der Waals surface area contributed by atoms with Gasteiger partial charge in [-0.05, 0) is 42.8 Å². The Hall–Kier alpha value is -1.30. The average molecular weight is 362 g/mol. The van der Waals surface area contributed by atoms with Gasteiger partial charge in [-0.2, -0.15) is 0 Å². The van der Waals surface area contributed by atoms with Gasteiger partial charge in [0, 0.05) is 22.9 Å². The third kappa shape index (κ3) is 4.85. The summed E-state index contributed by atoms with van der Waals surface area (Å²) >= 11 is 3.33. The van der Waals surface area contributed by atoms with Gasteiger partial charge in [0.1, 0.15) is 0 Å². The number of thiophene rings is 1. The molecule has 5 heteroatoms. The van der Waals surface area contributed by atoms with E-state index in [1.807, 2.05) is 23.1 Å². The Bertz CT molecular complexity index is 651. The number of hydrogen-bond acceptors (Lipinski definition) is 4. The Labute approximate surface area is 152 Å². The van der Waals surface area contributed by atoms with Gasteiger partial charge in [0.05, 0.1) is 18.4 Å². The molecule has 0 saturated carbocycles. The van der Waals surface area contributed by atoms with Gasteiger partial charge >= 0.3 is 0 Å². The summed E-state index contributed by atoms with van der Waals surface area (Å²) in [6, 6.07) is 12.3. The molecule has 1 aromatic heterocycles. The maximum absolute atomic E-state index is 12.8. The number of amides is 1. The first-order valence-electron chi connectivity index (χ1n) is 8.32. The van der Waals surface area contributed by atoms with Crippen molar-refractivity contribution in [3.05, 3.63) is 52.2 Å². The predicted octanol–water partition coefficient (Wildman–Crippen LogP) is 4.36. The highest BCUT2D eigenvalue weighted by atomic mass is 32.2. The lowest BCUT2D eigenvalue weighted by Gasteiger charge is -2.25. The molecule has 24 heavy (non-hydrogen) atoms. The zero-order valence-electron chi connectivity index (χ0n) is 13.9. The topological polar surface area (TPSA) is 29.5 Å². The first-order valence-corrected chi connectivity index (χ1v) is 10.2. The monoisotopic (exact) mass is 361 g/mol. The lowest BCUT2D eigenvalue weighted by atomic mass is 10.2. The van der Waals surface area contributed by atoms with Gasteiger partial charge in [-0.3, -0.25) is 4.79 Å². The normalized spacial score (nSPS) is 17.1. The molecule has 0 aliphatic carbocycles. The number of ether oxygens (including phenoxy) is 1. The van der Waals surface area contributed by atoms with E-state index in [1.54, 1.807) is 23.1 Å². The first kappa shape index (κ1) is 17.5. The van der Waals surface area contributed by atoms with E-state index in [-0.39, 0.29) is 12.0 Å². The molecule has 2 heterocycles. The fourth-order valence-corrected chi connectivity index (χ4v) is 4.48. The van der Waals surface area contributed by atoms with E-state index in [1.165, 1.54) is 15.3 Å². The summed E-state index contributed by atoms with van der Waals surface area (Å²) in [4.78, 5) is 17.2. The highest BCUT2D eigenvalue weighted by Gasteiger charge is 2.23. The van der Waals surface area contributed by atoms with Gasteiger partial charge in [0.2, 0.25) is 5.91 Å². The molecule has 0 bridgehead atoms. The van der Waals surface area contributed by atoms with Crippen molar-refractivity contribution in [2.75, 3.05) is 18.9 Å². The summed E-state index contributed by atoms with van der Waals surface area (Å²) in [5.41, 5.74) is 1.22. The second-order valence-corrected chi connectivity index (χ2v) is 8.09. The van der Waals surface area contributed by atoms with Gasteiger partial charge in [-0.1, -0.05) is 24.3 Å². The van der Waals surface area contributed by atoms with Crippen LogP contribution in [0.2, 0.25) is 0 Å². The molecule has 1 fully saturated rings. The Kier molecular flexibility index (Phi) is 6.35. The van der Waals surface area contributed by atoms with Crippen LogP contribution in [0.5, 0.6) is 0 Å².